The number of nitrogens with one attached hydrogen (secondary N) is 1. The smallest absolute Gasteiger partial charge is 0.326 e. The van der Waals surface area contributed by atoms with Crippen molar-refractivity contribution in [3.63, 3.8) is 0 Å². The van der Waals surface area contributed by atoms with Crippen LogP contribution in [0.2, 0.25) is 18.1 Å². The third-order valence-corrected chi connectivity index (χ3v) is 9.87. The first kappa shape index (κ1) is 19.4. The molecule has 2 saturated heterocycles. The maximum atomic E-state index is 12.1. The molecule has 4 unspecified atom stereocenters. The second-order valence-corrected chi connectivity index (χ2v) is 13.1. The zero-order valence-electron chi connectivity index (χ0n) is 15.5. The molecule has 138 valence electrons. The van der Waals surface area contributed by atoms with Crippen LogP contribution >= 0.6 is 0 Å². The van der Waals surface area contributed by atoms with E-state index in [0.29, 0.717) is 13.0 Å². The van der Waals surface area contributed by atoms with E-state index in [1.165, 1.54) is 4.90 Å². The maximum absolute atomic E-state index is 12.1. The summed E-state index contributed by atoms with van der Waals surface area (Å²) in [7, 11) is -2.01. The molecule has 0 bridgehead atoms. The Bertz CT molecular complexity index is 505. The van der Waals surface area contributed by atoms with E-state index in [2.05, 4.69) is 39.2 Å². The molecule has 2 aliphatic rings. The Balaban J connectivity index is 2.09. The molecule has 0 aromatic heterocycles. The number of urea groups is 1. The monoisotopic (exact) mass is 358 g/mol. The largest absolute Gasteiger partial charge is 0.411 e. The number of hydrogen-bond acceptors (Lipinski definition) is 5. The molecule has 2 heterocycles. The van der Waals surface area contributed by atoms with Crippen molar-refractivity contribution in [3.05, 3.63) is 0 Å². The second-order valence-electron chi connectivity index (χ2n) is 8.31. The predicted octanol–water partition coefficient (Wildman–Crippen LogP) is 1.67. The lowest BCUT2D eigenvalue weighted by molar-refractivity contribution is -0.128. The minimum atomic E-state index is -2.01. The zero-order chi connectivity index (χ0) is 18.3. The van der Waals surface area contributed by atoms with Gasteiger partial charge in [0.2, 0.25) is 5.91 Å². The Kier molecular flexibility index (Phi) is 5.44. The lowest BCUT2D eigenvalue weighted by Crippen LogP contribution is -2.57. The van der Waals surface area contributed by atoms with Crippen molar-refractivity contribution < 1.29 is 23.9 Å². The topological polar surface area (TPSA) is 88.1 Å². The highest BCUT2D eigenvalue weighted by atomic mass is 28.4. The SMILES string of the molecule is CC1CN(C2CC(O[Si](C)(C)C(C)(C)C)C(CO)O2)C(=O)NC1=O. The molecule has 2 N–H and O–H groups in total. The van der Waals surface area contributed by atoms with Crippen LogP contribution in [-0.2, 0) is 14.0 Å². The highest BCUT2D eigenvalue weighted by Crippen LogP contribution is 2.40. The van der Waals surface area contributed by atoms with Crippen LogP contribution < -0.4 is 5.32 Å². The molecule has 0 aromatic carbocycles. The summed E-state index contributed by atoms with van der Waals surface area (Å²) < 4.78 is 12.3. The van der Waals surface area contributed by atoms with Crippen molar-refractivity contribution in [1.82, 2.24) is 10.2 Å². The molecule has 4 atom stereocenters. The summed E-state index contributed by atoms with van der Waals surface area (Å²) in [5, 5.41) is 12.0. The lowest BCUT2D eigenvalue weighted by Gasteiger charge is -2.39. The van der Waals surface area contributed by atoms with Crippen LogP contribution in [0.15, 0.2) is 0 Å². The number of hydrogen-bond donors (Lipinski definition) is 2. The van der Waals surface area contributed by atoms with Gasteiger partial charge in [-0.1, -0.05) is 27.7 Å². The van der Waals surface area contributed by atoms with Crippen molar-refractivity contribution in [3.8, 4) is 0 Å². The number of amides is 3. The van der Waals surface area contributed by atoms with Crippen LogP contribution in [0.4, 0.5) is 4.79 Å². The van der Waals surface area contributed by atoms with E-state index in [1.807, 2.05) is 0 Å². The van der Waals surface area contributed by atoms with Crippen LogP contribution in [0.25, 0.3) is 0 Å². The lowest BCUT2D eigenvalue weighted by atomic mass is 10.1. The van der Waals surface area contributed by atoms with E-state index in [-0.39, 0.29) is 29.6 Å². The molecule has 2 rings (SSSR count). The van der Waals surface area contributed by atoms with Gasteiger partial charge in [-0.25, -0.2) is 4.79 Å². The van der Waals surface area contributed by atoms with Crippen molar-refractivity contribution in [2.24, 2.45) is 5.92 Å². The average molecular weight is 359 g/mol. The molecular weight excluding hydrogens is 328 g/mol. The number of imide groups is 1. The molecule has 0 aliphatic carbocycles. The molecule has 8 heteroatoms. The Morgan fingerprint density at radius 1 is 1.38 bits per heavy atom. The first-order valence-electron chi connectivity index (χ1n) is 8.52. The molecule has 0 radical (unpaired) electrons. The van der Waals surface area contributed by atoms with Crippen LogP contribution in [0, 0.1) is 5.92 Å². The van der Waals surface area contributed by atoms with Crippen molar-refractivity contribution in [2.45, 2.75) is 70.7 Å². The first-order valence-corrected chi connectivity index (χ1v) is 11.4. The minimum absolute atomic E-state index is 0.0501. The van der Waals surface area contributed by atoms with Gasteiger partial charge in [-0.05, 0) is 18.1 Å². The molecule has 7 nitrogen and oxygen atoms in total. The van der Waals surface area contributed by atoms with Gasteiger partial charge in [0.1, 0.15) is 12.3 Å². The normalized spacial score (nSPS) is 32.2. The van der Waals surface area contributed by atoms with Gasteiger partial charge < -0.3 is 14.3 Å². The van der Waals surface area contributed by atoms with E-state index in [4.69, 9.17) is 9.16 Å². The third kappa shape index (κ3) is 3.82. The summed E-state index contributed by atoms with van der Waals surface area (Å²) in [5.74, 6) is -0.540. The third-order valence-electron chi connectivity index (χ3n) is 5.37. The van der Waals surface area contributed by atoms with Crippen molar-refractivity contribution in [2.75, 3.05) is 13.2 Å². The van der Waals surface area contributed by atoms with Crippen LogP contribution in [-0.4, -0.2) is 61.8 Å². The first-order chi connectivity index (χ1) is 11.0. The van der Waals surface area contributed by atoms with Gasteiger partial charge in [-0.2, -0.15) is 0 Å². The summed E-state index contributed by atoms with van der Waals surface area (Å²) >= 11 is 0. The van der Waals surface area contributed by atoms with Crippen LogP contribution in [0.3, 0.4) is 0 Å². The van der Waals surface area contributed by atoms with Crippen molar-refractivity contribution in [1.29, 1.82) is 0 Å². The van der Waals surface area contributed by atoms with E-state index < -0.39 is 26.7 Å². The van der Waals surface area contributed by atoms with Crippen LogP contribution in [0.1, 0.15) is 34.1 Å². The standard InChI is InChI=1S/C16H30N2O5Si/c1-10-8-18(15(21)17-14(10)20)13-7-11(12(9-19)22-13)23-24(5,6)16(2,3)4/h10-13,19H,7-9H2,1-6H3,(H,17,20,21). The number of aliphatic hydroxyl groups is 1. The van der Waals surface area contributed by atoms with Crippen molar-refractivity contribution >= 4 is 20.3 Å². The number of carbonyl (C=O) groups excluding carboxylic acids is 2. The summed E-state index contributed by atoms with van der Waals surface area (Å²) in [4.78, 5) is 25.2. The highest BCUT2D eigenvalue weighted by Gasteiger charge is 2.47. The number of carbonyl (C=O) groups is 2. The molecule has 2 aliphatic heterocycles. The quantitative estimate of drug-likeness (QED) is 0.747. The minimum Gasteiger partial charge on any atom is -0.411 e. The Morgan fingerprint density at radius 3 is 2.54 bits per heavy atom. The van der Waals surface area contributed by atoms with Gasteiger partial charge in [0.05, 0.1) is 18.6 Å². The predicted molar refractivity (Wildman–Crippen MR) is 91.8 cm³/mol. The fourth-order valence-electron chi connectivity index (χ4n) is 2.75. The number of ether oxygens (including phenoxy) is 1. The highest BCUT2D eigenvalue weighted by molar-refractivity contribution is 6.74. The zero-order valence-corrected chi connectivity index (χ0v) is 16.5. The van der Waals surface area contributed by atoms with E-state index in [0.717, 1.165) is 0 Å². The maximum Gasteiger partial charge on any atom is 0.326 e. The molecule has 0 spiro atoms. The number of nitrogens with zero attached hydrogens (tertiary/aromatic N) is 1. The molecule has 0 aromatic rings. The van der Waals surface area contributed by atoms with E-state index in [1.54, 1.807) is 6.92 Å². The van der Waals surface area contributed by atoms with Gasteiger partial charge >= 0.3 is 6.03 Å². The summed E-state index contributed by atoms with van der Waals surface area (Å²) in [5.41, 5.74) is 0. The van der Waals surface area contributed by atoms with Gasteiger partial charge in [-0.15, -0.1) is 0 Å². The Labute approximate surface area is 144 Å². The average Bonchev–Trinajstić information content (AvgIpc) is 2.83. The summed E-state index contributed by atoms with van der Waals surface area (Å²) in [6, 6.07) is -0.437. The van der Waals surface area contributed by atoms with E-state index in [9.17, 15) is 14.7 Å². The summed E-state index contributed by atoms with van der Waals surface area (Å²) in [6.07, 6.45) is -0.676. The Hall–Kier alpha value is -0.963. The second kappa shape index (κ2) is 6.74. The fourth-order valence-corrected chi connectivity index (χ4v) is 4.10. The molecule has 0 saturated carbocycles. The fraction of sp³-hybridized carbons (Fsp3) is 0.875. The number of aliphatic hydroxyl groups excluding tert-OH is 1. The van der Waals surface area contributed by atoms with Gasteiger partial charge in [0.15, 0.2) is 8.32 Å². The van der Waals surface area contributed by atoms with Gasteiger partial charge in [0.25, 0.3) is 0 Å². The molecular formula is C16H30N2O5Si. The molecule has 2 fully saturated rings. The van der Waals surface area contributed by atoms with Crippen LogP contribution in [0.5, 0.6) is 0 Å². The number of rotatable bonds is 4. The summed E-state index contributed by atoms with van der Waals surface area (Å²) in [6.45, 7) is 12.7. The van der Waals surface area contributed by atoms with Gasteiger partial charge in [-0.3, -0.25) is 15.0 Å². The molecule has 24 heavy (non-hydrogen) atoms. The van der Waals surface area contributed by atoms with E-state index >= 15 is 0 Å². The Morgan fingerprint density at radius 2 is 2.00 bits per heavy atom. The molecule has 3 amide bonds. The van der Waals surface area contributed by atoms with Gasteiger partial charge in [0, 0.05) is 13.0 Å².